The molecule has 0 heterocycles. The summed E-state index contributed by atoms with van der Waals surface area (Å²) in [6.45, 7) is 7.31. The number of hydrogen-bond donors (Lipinski definition) is 3. The summed E-state index contributed by atoms with van der Waals surface area (Å²) >= 11 is 0. The van der Waals surface area contributed by atoms with Gasteiger partial charge in [-0.05, 0) is 31.6 Å². The summed E-state index contributed by atoms with van der Waals surface area (Å²) < 4.78 is 68.8. The monoisotopic (exact) mass is 1540 g/mol. The topological polar surface area (TPSA) is 237 Å². The van der Waals surface area contributed by atoms with Crippen LogP contribution in [0, 0.1) is 5.92 Å². The van der Waals surface area contributed by atoms with Gasteiger partial charge in [0.25, 0.3) is 0 Å². The Hall–Kier alpha value is -1.94. The third-order valence-electron chi connectivity index (χ3n) is 20.6. The average Bonchev–Trinajstić information content (AvgIpc) is 0.912. The molecule has 0 amide bonds. The Balaban J connectivity index is 5.20. The molecule has 19 heteroatoms. The Morgan fingerprint density at radius 3 is 0.676 bits per heavy atom. The van der Waals surface area contributed by atoms with E-state index in [0.29, 0.717) is 25.7 Å². The zero-order chi connectivity index (χ0) is 76.9. The van der Waals surface area contributed by atoms with E-state index in [1.54, 1.807) is 0 Å². The average molecular weight is 1540 g/mol. The summed E-state index contributed by atoms with van der Waals surface area (Å²) in [7, 11) is -9.92. The fourth-order valence-electron chi connectivity index (χ4n) is 13.4. The molecule has 0 aliphatic rings. The quantitative estimate of drug-likeness (QED) is 0.0222. The van der Waals surface area contributed by atoms with Gasteiger partial charge in [0.2, 0.25) is 0 Å². The van der Waals surface area contributed by atoms with Crippen molar-refractivity contribution >= 4 is 39.5 Å². The Morgan fingerprint density at radius 1 is 0.267 bits per heavy atom. The fraction of sp³-hybridized carbons (Fsp3) is 0.953. The van der Waals surface area contributed by atoms with E-state index < -0.39 is 97.5 Å². The molecule has 0 saturated carbocycles. The minimum atomic E-state index is -4.97. The van der Waals surface area contributed by atoms with Crippen molar-refractivity contribution in [1.29, 1.82) is 0 Å². The van der Waals surface area contributed by atoms with Crippen molar-refractivity contribution in [2.45, 2.75) is 483 Å². The first-order valence-corrected chi connectivity index (χ1v) is 47.7. The summed E-state index contributed by atoms with van der Waals surface area (Å²) in [5, 5.41) is 10.7. The number of hydrogen-bond acceptors (Lipinski definition) is 15. The molecule has 624 valence electrons. The number of aliphatic hydroxyl groups excluding tert-OH is 1. The largest absolute Gasteiger partial charge is 0.472 e. The number of phosphoric acid groups is 2. The second kappa shape index (κ2) is 78.7. The number of rotatable bonds is 86. The molecular formula is C86H168O17P2. The Kier molecular flexibility index (Phi) is 77.3. The molecule has 0 radical (unpaired) electrons. The van der Waals surface area contributed by atoms with Crippen molar-refractivity contribution in [2.24, 2.45) is 5.92 Å². The molecule has 6 atom stereocenters. The van der Waals surface area contributed by atoms with E-state index in [2.05, 4.69) is 34.6 Å². The number of aliphatic hydroxyl groups is 1. The lowest BCUT2D eigenvalue weighted by Gasteiger charge is -2.21. The van der Waals surface area contributed by atoms with Crippen LogP contribution in [-0.2, 0) is 65.4 Å². The van der Waals surface area contributed by atoms with Crippen LogP contribution in [0.25, 0.3) is 0 Å². The molecule has 0 saturated heterocycles. The van der Waals surface area contributed by atoms with Crippen LogP contribution in [-0.4, -0.2) is 96.7 Å². The highest BCUT2D eigenvalue weighted by atomic mass is 31.2. The molecule has 0 aliphatic heterocycles. The van der Waals surface area contributed by atoms with Crippen LogP contribution in [0.5, 0.6) is 0 Å². The lowest BCUT2D eigenvalue weighted by atomic mass is 10.00. The van der Waals surface area contributed by atoms with Gasteiger partial charge < -0.3 is 33.8 Å². The molecule has 0 rings (SSSR count). The van der Waals surface area contributed by atoms with E-state index >= 15 is 0 Å². The minimum Gasteiger partial charge on any atom is -0.462 e. The lowest BCUT2D eigenvalue weighted by molar-refractivity contribution is -0.161. The van der Waals surface area contributed by atoms with E-state index in [9.17, 15) is 43.2 Å². The van der Waals surface area contributed by atoms with Crippen LogP contribution in [0.3, 0.4) is 0 Å². The van der Waals surface area contributed by atoms with Crippen molar-refractivity contribution in [2.75, 3.05) is 39.6 Å². The summed E-state index contributed by atoms with van der Waals surface area (Å²) in [5.41, 5.74) is 0. The predicted octanol–water partition coefficient (Wildman–Crippen LogP) is 26.4. The van der Waals surface area contributed by atoms with Crippen LogP contribution in [0.1, 0.15) is 465 Å². The molecule has 0 aromatic heterocycles. The predicted molar refractivity (Wildman–Crippen MR) is 432 cm³/mol. The van der Waals surface area contributed by atoms with Crippen molar-refractivity contribution < 1.29 is 80.2 Å². The highest BCUT2D eigenvalue weighted by Crippen LogP contribution is 2.45. The van der Waals surface area contributed by atoms with Crippen molar-refractivity contribution in [3.63, 3.8) is 0 Å². The Bertz CT molecular complexity index is 2000. The normalized spacial score (nSPS) is 14.0. The summed E-state index contributed by atoms with van der Waals surface area (Å²) in [4.78, 5) is 73.2. The summed E-state index contributed by atoms with van der Waals surface area (Å²) in [6.07, 6.45) is 72.4. The lowest BCUT2D eigenvalue weighted by Crippen LogP contribution is -2.30. The van der Waals surface area contributed by atoms with E-state index in [0.717, 1.165) is 102 Å². The maximum absolute atomic E-state index is 13.1. The van der Waals surface area contributed by atoms with Crippen molar-refractivity contribution in [3.8, 4) is 0 Å². The number of unbranched alkanes of at least 4 members (excludes halogenated alkanes) is 57. The van der Waals surface area contributed by atoms with Gasteiger partial charge in [-0.2, -0.15) is 0 Å². The molecule has 0 bridgehead atoms. The zero-order valence-electron chi connectivity index (χ0n) is 68.9. The van der Waals surface area contributed by atoms with E-state index in [1.165, 1.54) is 283 Å². The first-order valence-electron chi connectivity index (χ1n) is 44.7. The fourth-order valence-corrected chi connectivity index (χ4v) is 15.0. The first kappa shape index (κ1) is 103. The van der Waals surface area contributed by atoms with E-state index in [-0.39, 0.29) is 25.7 Å². The van der Waals surface area contributed by atoms with Crippen LogP contribution in [0.4, 0.5) is 0 Å². The highest BCUT2D eigenvalue weighted by Gasteiger charge is 2.30. The highest BCUT2D eigenvalue weighted by molar-refractivity contribution is 7.47. The molecule has 0 fully saturated rings. The van der Waals surface area contributed by atoms with Gasteiger partial charge in [0.15, 0.2) is 12.2 Å². The molecule has 0 aromatic rings. The van der Waals surface area contributed by atoms with Gasteiger partial charge in [-0.3, -0.25) is 37.3 Å². The molecule has 0 aromatic carbocycles. The maximum atomic E-state index is 13.1. The molecule has 105 heavy (non-hydrogen) atoms. The van der Waals surface area contributed by atoms with Gasteiger partial charge in [0, 0.05) is 25.7 Å². The van der Waals surface area contributed by atoms with Gasteiger partial charge in [0.1, 0.15) is 19.3 Å². The molecule has 17 nitrogen and oxygen atoms in total. The second-order valence-electron chi connectivity index (χ2n) is 31.2. The summed E-state index contributed by atoms with van der Waals surface area (Å²) in [5.74, 6) is -1.37. The van der Waals surface area contributed by atoms with Crippen LogP contribution < -0.4 is 0 Å². The van der Waals surface area contributed by atoms with Gasteiger partial charge >= 0.3 is 39.5 Å². The van der Waals surface area contributed by atoms with Gasteiger partial charge in [-0.25, -0.2) is 9.13 Å². The summed E-state index contributed by atoms with van der Waals surface area (Å²) in [6, 6.07) is 0. The number of ether oxygens (including phenoxy) is 4. The second-order valence-corrected chi connectivity index (χ2v) is 34.1. The molecule has 3 N–H and O–H groups in total. The molecular weight excluding hydrogens is 1370 g/mol. The van der Waals surface area contributed by atoms with Gasteiger partial charge in [-0.1, -0.05) is 413 Å². The smallest absolute Gasteiger partial charge is 0.462 e. The van der Waals surface area contributed by atoms with E-state index in [1.807, 2.05) is 0 Å². The number of carbonyl (C=O) groups excluding carboxylic acids is 4. The standard InChI is InChI=1S/C86H168O17P2/c1-6-10-13-16-19-22-25-28-30-32-34-36-37-39-41-43-46-49-52-55-62-67-72-85(90)102-81(75-96-83(88)69-64-59-53-50-47-45-42-40-38-35-33-31-29-26-23-20-17-14-11-7-2)77-100-104(92,93)98-73-80(87)74-99-105(94,95)101-78-82(76-97-84(89)70-65-60-57-56-58-63-68-79(5)9-4)103-86(91)71-66-61-54-51-48-44-27-24-21-18-15-12-8-3/h79-82,87H,6-78H2,1-5H3,(H,92,93)(H,94,95)/t79?,80-,81-,82-/m1/s1. The van der Waals surface area contributed by atoms with Gasteiger partial charge in [-0.15, -0.1) is 0 Å². The number of phosphoric ester groups is 2. The third kappa shape index (κ3) is 78.5. The van der Waals surface area contributed by atoms with Crippen molar-refractivity contribution in [3.05, 3.63) is 0 Å². The SMILES string of the molecule is CCCCCCCCCCCCCCCCCCCCCCCCC(=O)O[C@H](COC(=O)CCCCCCCCCCCCCCCCCCCCCC)COP(=O)(O)OC[C@@H](O)COP(=O)(O)OC[C@@H](COC(=O)CCCCCCCCC(C)CC)OC(=O)CCCCCCCCCCCCCCC. The first-order chi connectivity index (χ1) is 51.1. The molecule has 3 unspecified atom stereocenters. The van der Waals surface area contributed by atoms with E-state index in [4.69, 9.17) is 37.0 Å². The van der Waals surface area contributed by atoms with Crippen LogP contribution in [0.15, 0.2) is 0 Å². The van der Waals surface area contributed by atoms with Crippen LogP contribution in [0.2, 0.25) is 0 Å². The number of carbonyl (C=O) groups is 4. The Morgan fingerprint density at radius 2 is 0.457 bits per heavy atom. The molecule has 0 spiro atoms. The minimum absolute atomic E-state index is 0.107. The number of esters is 4. The Labute approximate surface area is 645 Å². The van der Waals surface area contributed by atoms with Crippen molar-refractivity contribution in [1.82, 2.24) is 0 Å². The van der Waals surface area contributed by atoms with Crippen LogP contribution >= 0.6 is 15.6 Å². The molecule has 0 aliphatic carbocycles. The van der Waals surface area contributed by atoms with Gasteiger partial charge in [0.05, 0.1) is 26.4 Å². The third-order valence-corrected chi connectivity index (χ3v) is 22.5. The maximum Gasteiger partial charge on any atom is 0.472 e. The zero-order valence-corrected chi connectivity index (χ0v) is 70.7.